The first-order valence-corrected chi connectivity index (χ1v) is 8.85. The molecule has 130 valence electrons. The SMILES string of the molecule is O=C(c1cnn(Cc2ccccc2)c1)N1CCN(C(=O)C2CC2)CC1. The van der Waals surface area contributed by atoms with Gasteiger partial charge in [-0.25, -0.2) is 0 Å². The third kappa shape index (κ3) is 3.57. The lowest BCUT2D eigenvalue weighted by Gasteiger charge is -2.34. The van der Waals surface area contributed by atoms with Crippen molar-refractivity contribution in [1.82, 2.24) is 19.6 Å². The Morgan fingerprint density at radius 1 is 1.00 bits per heavy atom. The first-order chi connectivity index (χ1) is 12.2. The van der Waals surface area contributed by atoms with Gasteiger partial charge in [0.05, 0.1) is 18.3 Å². The number of rotatable bonds is 4. The molecule has 1 aliphatic heterocycles. The van der Waals surface area contributed by atoms with E-state index in [1.165, 1.54) is 0 Å². The number of amides is 2. The van der Waals surface area contributed by atoms with Gasteiger partial charge < -0.3 is 9.80 Å². The highest BCUT2D eigenvalue weighted by molar-refractivity contribution is 5.94. The quantitative estimate of drug-likeness (QED) is 0.851. The Bertz CT molecular complexity index is 759. The lowest BCUT2D eigenvalue weighted by Crippen LogP contribution is -2.51. The number of aromatic nitrogens is 2. The smallest absolute Gasteiger partial charge is 0.257 e. The molecule has 6 heteroatoms. The molecule has 25 heavy (non-hydrogen) atoms. The number of carbonyl (C=O) groups is 2. The van der Waals surface area contributed by atoms with Gasteiger partial charge in [0, 0.05) is 38.3 Å². The second-order valence-electron chi connectivity index (χ2n) is 6.80. The number of carbonyl (C=O) groups excluding carboxylic acids is 2. The van der Waals surface area contributed by atoms with Gasteiger partial charge >= 0.3 is 0 Å². The molecule has 0 unspecified atom stereocenters. The largest absolute Gasteiger partial charge is 0.339 e. The highest BCUT2D eigenvalue weighted by Gasteiger charge is 2.35. The molecule has 0 bridgehead atoms. The monoisotopic (exact) mass is 338 g/mol. The lowest BCUT2D eigenvalue weighted by molar-refractivity contribution is -0.134. The van der Waals surface area contributed by atoms with Crippen molar-refractivity contribution >= 4 is 11.8 Å². The second-order valence-corrected chi connectivity index (χ2v) is 6.80. The van der Waals surface area contributed by atoms with E-state index in [4.69, 9.17) is 0 Å². The van der Waals surface area contributed by atoms with Crippen molar-refractivity contribution in [1.29, 1.82) is 0 Å². The molecular weight excluding hydrogens is 316 g/mol. The molecule has 2 fully saturated rings. The number of hydrogen-bond donors (Lipinski definition) is 0. The van der Waals surface area contributed by atoms with E-state index in [-0.39, 0.29) is 17.7 Å². The molecule has 4 rings (SSSR count). The summed E-state index contributed by atoms with van der Waals surface area (Å²) in [5, 5.41) is 4.31. The molecular formula is C19H22N4O2. The molecule has 1 saturated heterocycles. The van der Waals surface area contributed by atoms with Crippen LogP contribution in [0.1, 0.15) is 28.8 Å². The van der Waals surface area contributed by atoms with Gasteiger partial charge in [-0.3, -0.25) is 14.3 Å². The fourth-order valence-corrected chi connectivity index (χ4v) is 3.23. The first-order valence-electron chi connectivity index (χ1n) is 8.85. The predicted molar refractivity (Wildman–Crippen MR) is 93.0 cm³/mol. The van der Waals surface area contributed by atoms with Gasteiger partial charge in [0.2, 0.25) is 5.91 Å². The third-order valence-electron chi connectivity index (χ3n) is 4.87. The molecule has 0 radical (unpaired) electrons. The summed E-state index contributed by atoms with van der Waals surface area (Å²) in [5.41, 5.74) is 1.76. The molecule has 1 aromatic heterocycles. The van der Waals surface area contributed by atoms with Crippen molar-refractivity contribution in [2.24, 2.45) is 5.92 Å². The van der Waals surface area contributed by atoms with E-state index >= 15 is 0 Å². The van der Waals surface area contributed by atoms with Crippen LogP contribution in [0.2, 0.25) is 0 Å². The van der Waals surface area contributed by atoms with Crippen LogP contribution in [0.5, 0.6) is 0 Å². The fraction of sp³-hybridized carbons (Fsp3) is 0.421. The molecule has 2 aromatic rings. The zero-order valence-electron chi connectivity index (χ0n) is 14.2. The molecule has 2 heterocycles. The molecule has 1 aliphatic carbocycles. The Morgan fingerprint density at radius 3 is 2.36 bits per heavy atom. The summed E-state index contributed by atoms with van der Waals surface area (Å²) in [6.07, 6.45) is 5.49. The summed E-state index contributed by atoms with van der Waals surface area (Å²) in [6.45, 7) is 3.12. The normalized spacial score (nSPS) is 17.6. The van der Waals surface area contributed by atoms with E-state index in [1.807, 2.05) is 40.1 Å². The van der Waals surface area contributed by atoms with Gasteiger partial charge in [0.25, 0.3) is 5.91 Å². The zero-order chi connectivity index (χ0) is 17.2. The van der Waals surface area contributed by atoms with Crippen molar-refractivity contribution in [3.63, 3.8) is 0 Å². The standard InChI is InChI=1S/C19H22N4O2/c24-18(16-6-7-16)21-8-10-22(11-9-21)19(25)17-12-20-23(14-17)13-15-4-2-1-3-5-15/h1-5,12,14,16H,6-11,13H2. The van der Waals surface area contributed by atoms with Crippen molar-refractivity contribution in [2.45, 2.75) is 19.4 Å². The van der Waals surface area contributed by atoms with Crippen LogP contribution in [0.15, 0.2) is 42.7 Å². The number of nitrogens with zero attached hydrogens (tertiary/aromatic N) is 4. The number of hydrogen-bond acceptors (Lipinski definition) is 3. The van der Waals surface area contributed by atoms with Crippen LogP contribution in [0.3, 0.4) is 0 Å². The van der Waals surface area contributed by atoms with Crippen LogP contribution in [0.25, 0.3) is 0 Å². The summed E-state index contributed by atoms with van der Waals surface area (Å²) in [7, 11) is 0. The average Bonchev–Trinajstić information content (AvgIpc) is 3.41. The summed E-state index contributed by atoms with van der Waals surface area (Å²) >= 11 is 0. The maximum atomic E-state index is 12.7. The Kier molecular flexibility index (Phi) is 4.26. The third-order valence-corrected chi connectivity index (χ3v) is 4.87. The van der Waals surface area contributed by atoms with E-state index in [0.717, 1.165) is 18.4 Å². The summed E-state index contributed by atoms with van der Waals surface area (Å²) < 4.78 is 1.79. The Balaban J connectivity index is 1.34. The molecule has 2 aliphatic rings. The number of benzene rings is 1. The molecule has 1 aromatic carbocycles. The second kappa shape index (κ2) is 6.70. The minimum absolute atomic E-state index is 0.00201. The van der Waals surface area contributed by atoms with Crippen LogP contribution < -0.4 is 0 Å². The first kappa shape index (κ1) is 15.9. The minimum Gasteiger partial charge on any atom is -0.339 e. The highest BCUT2D eigenvalue weighted by Crippen LogP contribution is 2.31. The lowest BCUT2D eigenvalue weighted by atomic mass is 10.2. The van der Waals surface area contributed by atoms with Crippen LogP contribution >= 0.6 is 0 Å². The Morgan fingerprint density at radius 2 is 1.68 bits per heavy atom. The number of piperazine rings is 1. The van der Waals surface area contributed by atoms with E-state index in [0.29, 0.717) is 38.3 Å². The van der Waals surface area contributed by atoms with Crippen LogP contribution in [-0.2, 0) is 11.3 Å². The molecule has 1 saturated carbocycles. The molecule has 6 nitrogen and oxygen atoms in total. The van der Waals surface area contributed by atoms with E-state index in [9.17, 15) is 9.59 Å². The summed E-state index contributed by atoms with van der Waals surface area (Å²) in [4.78, 5) is 28.5. The molecule has 0 spiro atoms. The van der Waals surface area contributed by atoms with E-state index in [2.05, 4.69) is 5.10 Å². The van der Waals surface area contributed by atoms with E-state index in [1.54, 1.807) is 17.1 Å². The molecule has 0 N–H and O–H groups in total. The van der Waals surface area contributed by atoms with E-state index < -0.39 is 0 Å². The molecule has 0 atom stereocenters. The maximum Gasteiger partial charge on any atom is 0.257 e. The van der Waals surface area contributed by atoms with Crippen molar-refractivity contribution in [2.75, 3.05) is 26.2 Å². The Hall–Kier alpha value is -2.63. The van der Waals surface area contributed by atoms with Crippen LogP contribution in [0.4, 0.5) is 0 Å². The van der Waals surface area contributed by atoms with Gasteiger partial charge in [-0.05, 0) is 18.4 Å². The van der Waals surface area contributed by atoms with Gasteiger partial charge in [0.15, 0.2) is 0 Å². The Labute approximate surface area is 147 Å². The van der Waals surface area contributed by atoms with Gasteiger partial charge in [-0.15, -0.1) is 0 Å². The van der Waals surface area contributed by atoms with Crippen molar-refractivity contribution < 1.29 is 9.59 Å². The topological polar surface area (TPSA) is 58.4 Å². The summed E-state index contributed by atoms with van der Waals surface area (Å²) in [6, 6.07) is 10.0. The van der Waals surface area contributed by atoms with Gasteiger partial charge in [0.1, 0.15) is 0 Å². The minimum atomic E-state index is -0.00201. The molecule has 2 amide bonds. The predicted octanol–water partition coefficient (Wildman–Crippen LogP) is 1.63. The van der Waals surface area contributed by atoms with Crippen molar-refractivity contribution in [3.05, 3.63) is 53.9 Å². The maximum absolute atomic E-state index is 12.7. The fourth-order valence-electron chi connectivity index (χ4n) is 3.23. The summed E-state index contributed by atoms with van der Waals surface area (Å²) in [5.74, 6) is 0.513. The van der Waals surface area contributed by atoms with Gasteiger partial charge in [-0.1, -0.05) is 30.3 Å². The average molecular weight is 338 g/mol. The van der Waals surface area contributed by atoms with Crippen LogP contribution in [0, 0.1) is 5.92 Å². The zero-order valence-corrected chi connectivity index (χ0v) is 14.2. The highest BCUT2D eigenvalue weighted by atomic mass is 16.2. The van der Waals surface area contributed by atoms with Crippen LogP contribution in [-0.4, -0.2) is 57.6 Å². The van der Waals surface area contributed by atoms with Gasteiger partial charge in [-0.2, -0.15) is 5.10 Å². The van der Waals surface area contributed by atoms with Crippen molar-refractivity contribution in [3.8, 4) is 0 Å².